The molecule has 0 saturated heterocycles. The summed E-state index contributed by atoms with van der Waals surface area (Å²) in [4.78, 5) is 1.05. The molecule has 0 fully saturated rings. The second-order valence-electron chi connectivity index (χ2n) is 4.66. The van der Waals surface area contributed by atoms with Crippen molar-refractivity contribution in [2.75, 3.05) is 6.54 Å². The van der Waals surface area contributed by atoms with E-state index < -0.39 is 10.0 Å². The molecule has 2 aromatic rings. The van der Waals surface area contributed by atoms with E-state index in [-0.39, 0.29) is 6.54 Å². The van der Waals surface area contributed by atoms with E-state index in [0.29, 0.717) is 16.4 Å². The standard InChI is InChI=1S/C13H19N3O3S2/c1-3-5-14-9-12-10(2)7-13(20-12)21(17,18)15-8-11-4-6-19-16-11/h4,6-7,14-15H,3,5,8-9H2,1-2H3. The summed E-state index contributed by atoms with van der Waals surface area (Å²) in [5, 5.41) is 6.96. The third-order valence-electron chi connectivity index (χ3n) is 2.91. The summed E-state index contributed by atoms with van der Waals surface area (Å²) < 4.78 is 32.0. The molecule has 0 spiro atoms. The predicted molar refractivity (Wildman–Crippen MR) is 81.6 cm³/mol. The minimum absolute atomic E-state index is 0.124. The Morgan fingerprint density at radius 1 is 1.38 bits per heavy atom. The van der Waals surface area contributed by atoms with E-state index in [1.165, 1.54) is 17.6 Å². The Hall–Kier alpha value is -1.22. The van der Waals surface area contributed by atoms with Crippen LogP contribution in [0.4, 0.5) is 0 Å². The average molecular weight is 329 g/mol. The summed E-state index contributed by atoms with van der Waals surface area (Å²) in [5.41, 5.74) is 1.54. The van der Waals surface area contributed by atoms with E-state index in [9.17, 15) is 8.42 Å². The van der Waals surface area contributed by atoms with Crippen LogP contribution in [0.5, 0.6) is 0 Å². The largest absolute Gasteiger partial charge is 0.364 e. The number of nitrogens with zero attached hydrogens (tertiary/aromatic N) is 1. The van der Waals surface area contributed by atoms with Crippen LogP contribution in [0.1, 0.15) is 29.5 Å². The maximum Gasteiger partial charge on any atom is 0.250 e. The summed E-state index contributed by atoms with van der Waals surface area (Å²) >= 11 is 1.30. The van der Waals surface area contributed by atoms with Crippen molar-refractivity contribution in [2.24, 2.45) is 0 Å². The molecular formula is C13H19N3O3S2. The molecule has 2 heterocycles. The quantitative estimate of drug-likeness (QED) is 0.724. The van der Waals surface area contributed by atoms with Crippen LogP contribution in [-0.2, 0) is 23.1 Å². The van der Waals surface area contributed by atoms with Crippen molar-refractivity contribution in [2.45, 2.75) is 37.6 Å². The van der Waals surface area contributed by atoms with Gasteiger partial charge in [-0.1, -0.05) is 12.1 Å². The van der Waals surface area contributed by atoms with Crippen LogP contribution in [0.2, 0.25) is 0 Å². The first kappa shape index (κ1) is 16.2. The van der Waals surface area contributed by atoms with Crippen LogP contribution in [0.25, 0.3) is 0 Å². The van der Waals surface area contributed by atoms with Gasteiger partial charge in [-0.3, -0.25) is 0 Å². The monoisotopic (exact) mass is 329 g/mol. The second-order valence-corrected chi connectivity index (χ2v) is 7.79. The molecule has 0 aliphatic heterocycles. The zero-order valence-electron chi connectivity index (χ0n) is 12.0. The van der Waals surface area contributed by atoms with Gasteiger partial charge in [0.1, 0.15) is 10.5 Å². The third-order valence-corrected chi connectivity index (χ3v) is 6.02. The Morgan fingerprint density at radius 2 is 2.19 bits per heavy atom. The van der Waals surface area contributed by atoms with Crippen LogP contribution in [0.15, 0.2) is 27.1 Å². The zero-order chi connectivity index (χ0) is 15.3. The molecule has 0 aliphatic rings. The molecule has 21 heavy (non-hydrogen) atoms. The Kier molecular flexibility index (Phi) is 5.51. The van der Waals surface area contributed by atoms with Gasteiger partial charge in [-0.25, -0.2) is 13.1 Å². The summed E-state index contributed by atoms with van der Waals surface area (Å²) in [6.45, 7) is 5.76. The Morgan fingerprint density at radius 3 is 2.86 bits per heavy atom. The van der Waals surface area contributed by atoms with E-state index in [1.54, 1.807) is 12.1 Å². The second kappa shape index (κ2) is 7.17. The van der Waals surface area contributed by atoms with Crippen LogP contribution >= 0.6 is 11.3 Å². The van der Waals surface area contributed by atoms with Crippen molar-refractivity contribution in [3.63, 3.8) is 0 Å². The molecule has 0 unspecified atom stereocenters. The van der Waals surface area contributed by atoms with Crippen molar-refractivity contribution < 1.29 is 12.9 Å². The lowest BCUT2D eigenvalue weighted by atomic mass is 10.3. The van der Waals surface area contributed by atoms with Gasteiger partial charge in [0.15, 0.2) is 0 Å². The molecule has 116 valence electrons. The van der Waals surface area contributed by atoms with Gasteiger partial charge < -0.3 is 9.84 Å². The Bertz CT molecular complexity index is 663. The van der Waals surface area contributed by atoms with Crippen LogP contribution in [0, 0.1) is 6.92 Å². The maximum absolute atomic E-state index is 12.2. The first-order valence-electron chi connectivity index (χ1n) is 6.72. The number of thiophene rings is 1. The van der Waals surface area contributed by atoms with E-state index in [4.69, 9.17) is 0 Å². The Balaban J connectivity index is 2.04. The van der Waals surface area contributed by atoms with Gasteiger partial charge in [0.25, 0.3) is 0 Å². The van der Waals surface area contributed by atoms with E-state index >= 15 is 0 Å². The summed E-state index contributed by atoms with van der Waals surface area (Å²) in [7, 11) is -3.51. The van der Waals surface area contributed by atoms with Gasteiger partial charge >= 0.3 is 0 Å². The van der Waals surface area contributed by atoms with Crippen molar-refractivity contribution in [3.05, 3.63) is 34.5 Å². The fourth-order valence-electron chi connectivity index (χ4n) is 1.74. The van der Waals surface area contributed by atoms with Gasteiger partial charge in [-0.2, -0.15) is 0 Å². The first-order chi connectivity index (χ1) is 10.0. The van der Waals surface area contributed by atoms with Gasteiger partial charge in [0.05, 0.1) is 12.2 Å². The normalized spacial score (nSPS) is 11.9. The minimum atomic E-state index is -3.51. The molecule has 0 amide bonds. The number of aryl methyl sites for hydroxylation is 1. The molecule has 0 radical (unpaired) electrons. The van der Waals surface area contributed by atoms with Gasteiger partial charge in [0.2, 0.25) is 10.0 Å². The molecule has 2 rings (SSSR count). The van der Waals surface area contributed by atoms with Gasteiger partial charge in [-0.05, 0) is 31.5 Å². The maximum atomic E-state index is 12.2. The summed E-state index contributed by atoms with van der Waals surface area (Å²) in [5.74, 6) is 0. The highest BCUT2D eigenvalue weighted by atomic mass is 32.2. The lowest BCUT2D eigenvalue weighted by Crippen LogP contribution is -2.22. The van der Waals surface area contributed by atoms with Crippen molar-refractivity contribution >= 4 is 21.4 Å². The summed E-state index contributed by atoms with van der Waals surface area (Å²) in [6.07, 6.45) is 2.46. The average Bonchev–Trinajstić information content (AvgIpc) is 3.07. The lowest BCUT2D eigenvalue weighted by Gasteiger charge is -2.02. The van der Waals surface area contributed by atoms with Gasteiger partial charge in [0, 0.05) is 17.5 Å². The number of nitrogens with one attached hydrogen (secondary N) is 2. The van der Waals surface area contributed by atoms with Gasteiger partial charge in [-0.15, -0.1) is 11.3 Å². The number of sulfonamides is 1. The van der Waals surface area contributed by atoms with E-state index in [1.807, 2.05) is 6.92 Å². The van der Waals surface area contributed by atoms with Crippen molar-refractivity contribution in [1.82, 2.24) is 15.2 Å². The summed E-state index contributed by atoms with van der Waals surface area (Å²) in [6, 6.07) is 3.33. The molecule has 2 N–H and O–H groups in total. The molecule has 8 heteroatoms. The number of hydrogen-bond acceptors (Lipinski definition) is 6. The molecule has 0 atom stereocenters. The third kappa shape index (κ3) is 4.37. The molecular weight excluding hydrogens is 310 g/mol. The highest BCUT2D eigenvalue weighted by molar-refractivity contribution is 7.91. The van der Waals surface area contributed by atoms with Crippen molar-refractivity contribution in [1.29, 1.82) is 0 Å². The number of rotatable bonds is 8. The number of hydrogen-bond donors (Lipinski definition) is 2. The molecule has 0 aliphatic carbocycles. The molecule has 0 bridgehead atoms. The minimum Gasteiger partial charge on any atom is -0.364 e. The van der Waals surface area contributed by atoms with Crippen LogP contribution < -0.4 is 10.0 Å². The fourth-order valence-corrected chi connectivity index (χ4v) is 4.35. The number of aromatic nitrogens is 1. The lowest BCUT2D eigenvalue weighted by molar-refractivity contribution is 0.411. The van der Waals surface area contributed by atoms with Crippen LogP contribution in [0.3, 0.4) is 0 Å². The van der Waals surface area contributed by atoms with E-state index in [0.717, 1.165) is 23.4 Å². The fraction of sp³-hybridized carbons (Fsp3) is 0.462. The smallest absolute Gasteiger partial charge is 0.250 e. The highest BCUT2D eigenvalue weighted by Crippen LogP contribution is 2.25. The molecule has 0 aromatic carbocycles. The molecule has 2 aromatic heterocycles. The first-order valence-corrected chi connectivity index (χ1v) is 9.02. The predicted octanol–water partition coefficient (Wildman–Crippen LogP) is 2.02. The zero-order valence-corrected chi connectivity index (χ0v) is 13.7. The molecule has 0 saturated carbocycles. The van der Waals surface area contributed by atoms with E-state index in [2.05, 4.69) is 26.6 Å². The topological polar surface area (TPSA) is 84.2 Å². The molecule has 6 nitrogen and oxygen atoms in total. The highest BCUT2D eigenvalue weighted by Gasteiger charge is 2.19. The SMILES string of the molecule is CCCNCc1sc(S(=O)(=O)NCc2ccon2)cc1C. The van der Waals surface area contributed by atoms with Crippen molar-refractivity contribution in [3.8, 4) is 0 Å². The van der Waals surface area contributed by atoms with Crippen LogP contribution in [-0.4, -0.2) is 20.1 Å². The Labute approximate surface area is 128 Å².